The zero-order valence-electron chi connectivity index (χ0n) is 17.3. The predicted molar refractivity (Wildman–Crippen MR) is 111 cm³/mol. The molecule has 7 heteroatoms. The first-order valence-electron chi connectivity index (χ1n) is 10.5. The summed E-state index contributed by atoms with van der Waals surface area (Å²) in [4.78, 5) is 37.7. The zero-order chi connectivity index (χ0) is 21.2. The van der Waals surface area contributed by atoms with Gasteiger partial charge in [0.15, 0.2) is 0 Å². The molecular formula is C22H33N3O4. The van der Waals surface area contributed by atoms with Crippen LogP contribution < -0.4 is 16.1 Å². The van der Waals surface area contributed by atoms with Gasteiger partial charge in [0, 0.05) is 18.0 Å². The molecule has 0 aromatic heterocycles. The number of hydrogen-bond donors (Lipinski definition) is 4. The molecule has 1 saturated carbocycles. The molecule has 1 aromatic carbocycles. The van der Waals surface area contributed by atoms with Crippen LogP contribution in [0.25, 0.3) is 0 Å². The van der Waals surface area contributed by atoms with Gasteiger partial charge in [0.2, 0.25) is 17.7 Å². The third kappa shape index (κ3) is 7.49. The Morgan fingerprint density at radius 2 is 1.69 bits per heavy atom. The van der Waals surface area contributed by atoms with Crippen molar-refractivity contribution in [2.45, 2.75) is 64.8 Å². The van der Waals surface area contributed by atoms with E-state index in [-0.39, 0.29) is 30.1 Å². The number of benzene rings is 1. The molecule has 1 aliphatic rings. The van der Waals surface area contributed by atoms with Crippen molar-refractivity contribution in [2.75, 3.05) is 5.32 Å². The molecule has 2 atom stereocenters. The smallest absolute Gasteiger partial charge is 0.247 e. The Bertz CT molecular complexity index is 672. The maximum Gasteiger partial charge on any atom is 0.247 e. The van der Waals surface area contributed by atoms with Crippen LogP contribution in [0.4, 0.5) is 5.69 Å². The standard InChI is InChI=1S/C22H33N3O4/c1-15(2)13-17(14-19(26)25-29)21(27)24-20(16-9-5-3-6-10-16)22(28)23-18-11-7-4-8-12-18/h4,7-8,11-12,15-17,20,29H,3,5-6,9-10,13-14H2,1-2H3,(H,23,28)(H,24,27)(H,25,26). The lowest BCUT2D eigenvalue weighted by Gasteiger charge is -2.31. The van der Waals surface area contributed by atoms with Crippen LogP contribution in [-0.4, -0.2) is 29.0 Å². The van der Waals surface area contributed by atoms with Gasteiger partial charge in [-0.05, 0) is 43.2 Å². The highest BCUT2D eigenvalue weighted by Gasteiger charge is 2.33. The van der Waals surface area contributed by atoms with Gasteiger partial charge in [-0.2, -0.15) is 0 Å². The fourth-order valence-corrected chi connectivity index (χ4v) is 4.00. The quantitative estimate of drug-likeness (QED) is 0.375. The Balaban J connectivity index is 2.14. The largest absolute Gasteiger partial charge is 0.344 e. The van der Waals surface area contributed by atoms with E-state index in [2.05, 4.69) is 10.6 Å². The lowest BCUT2D eigenvalue weighted by Crippen LogP contribution is -2.51. The maximum atomic E-state index is 13.0. The number of hydrogen-bond acceptors (Lipinski definition) is 4. The van der Waals surface area contributed by atoms with E-state index in [9.17, 15) is 14.4 Å². The summed E-state index contributed by atoms with van der Waals surface area (Å²) >= 11 is 0. The minimum absolute atomic E-state index is 0.0720. The fraction of sp³-hybridized carbons (Fsp3) is 0.591. The van der Waals surface area contributed by atoms with Gasteiger partial charge in [0.1, 0.15) is 6.04 Å². The van der Waals surface area contributed by atoms with Crippen LogP contribution in [-0.2, 0) is 14.4 Å². The van der Waals surface area contributed by atoms with Crippen molar-refractivity contribution in [1.29, 1.82) is 0 Å². The van der Waals surface area contributed by atoms with E-state index >= 15 is 0 Å². The second-order valence-corrected chi connectivity index (χ2v) is 8.31. The third-order valence-corrected chi connectivity index (χ3v) is 5.43. The van der Waals surface area contributed by atoms with Crippen LogP contribution in [0.2, 0.25) is 0 Å². The van der Waals surface area contributed by atoms with Crippen molar-refractivity contribution >= 4 is 23.4 Å². The van der Waals surface area contributed by atoms with Crippen molar-refractivity contribution in [1.82, 2.24) is 10.8 Å². The van der Waals surface area contributed by atoms with E-state index < -0.39 is 17.9 Å². The van der Waals surface area contributed by atoms with E-state index in [1.807, 2.05) is 44.2 Å². The Labute approximate surface area is 172 Å². The summed E-state index contributed by atoms with van der Waals surface area (Å²) in [5.74, 6) is -1.48. The highest BCUT2D eigenvalue weighted by Crippen LogP contribution is 2.28. The van der Waals surface area contributed by atoms with Crippen molar-refractivity contribution in [3.8, 4) is 0 Å². The minimum atomic E-state index is -0.644. The first kappa shape index (κ1) is 22.9. The lowest BCUT2D eigenvalue weighted by molar-refractivity contribution is -0.136. The van der Waals surface area contributed by atoms with Gasteiger partial charge in [-0.1, -0.05) is 51.3 Å². The molecule has 2 unspecified atom stereocenters. The second-order valence-electron chi connectivity index (χ2n) is 8.31. The molecule has 1 aromatic rings. The van der Waals surface area contributed by atoms with E-state index in [0.29, 0.717) is 12.1 Å². The van der Waals surface area contributed by atoms with Gasteiger partial charge >= 0.3 is 0 Å². The molecule has 0 saturated heterocycles. The number of anilines is 1. The second kappa shape index (κ2) is 11.6. The SMILES string of the molecule is CC(C)CC(CC(=O)NO)C(=O)NC(C(=O)Nc1ccccc1)C1CCCCC1. The van der Waals surface area contributed by atoms with Crippen molar-refractivity contribution in [3.05, 3.63) is 30.3 Å². The van der Waals surface area contributed by atoms with Gasteiger partial charge in [0.25, 0.3) is 0 Å². The molecule has 160 valence electrons. The zero-order valence-corrected chi connectivity index (χ0v) is 17.3. The molecule has 2 rings (SSSR count). The number of para-hydroxylation sites is 1. The van der Waals surface area contributed by atoms with E-state index in [0.717, 1.165) is 32.1 Å². The van der Waals surface area contributed by atoms with Crippen LogP contribution in [0.1, 0.15) is 58.8 Å². The summed E-state index contributed by atoms with van der Waals surface area (Å²) in [5, 5.41) is 14.7. The highest BCUT2D eigenvalue weighted by molar-refractivity contribution is 5.98. The molecule has 7 nitrogen and oxygen atoms in total. The maximum absolute atomic E-state index is 13.0. The van der Waals surface area contributed by atoms with Crippen LogP contribution >= 0.6 is 0 Å². The highest BCUT2D eigenvalue weighted by atomic mass is 16.5. The van der Waals surface area contributed by atoms with Crippen molar-refractivity contribution in [3.63, 3.8) is 0 Å². The van der Waals surface area contributed by atoms with E-state index in [1.54, 1.807) is 5.48 Å². The molecule has 29 heavy (non-hydrogen) atoms. The van der Waals surface area contributed by atoms with Crippen LogP contribution in [0, 0.1) is 17.8 Å². The van der Waals surface area contributed by atoms with Crippen molar-refractivity contribution in [2.24, 2.45) is 17.8 Å². The number of rotatable bonds is 9. The molecule has 1 aliphatic carbocycles. The summed E-state index contributed by atoms with van der Waals surface area (Å²) < 4.78 is 0. The Kier molecular flexibility index (Phi) is 9.12. The Morgan fingerprint density at radius 3 is 2.28 bits per heavy atom. The monoisotopic (exact) mass is 403 g/mol. The van der Waals surface area contributed by atoms with Gasteiger partial charge in [-0.25, -0.2) is 5.48 Å². The van der Waals surface area contributed by atoms with Crippen LogP contribution in [0.15, 0.2) is 30.3 Å². The predicted octanol–water partition coefficient (Wildman–Crippen LogP) is 3.25. The first-order valence-corrected chi connectivity index (χ1v) is 10.5. The molecule has 0 heterocycles. The summed E-state index contributed by atoms with van der Waals surface area (Å²) in [6.45, 7) is 3.94. The first-order chi connectivity index (χ1) is 13.9. The number of carbonyl (C=O) groups is 3. The van der Waals surface area contributed by atoms with E-state index in [4.69, 9.17) is 5.21 Å². The summed E-state index contributed by atoms with van der Waals surface area (Å²) in [7, 11) is 0. The van der Waals surface area contributed by atoms with E-state index in [1.165, 1.54) is 0 Å². The number of carbonyl (C=O) groups excluding carboxylic acids is 3. The summed E-state index contributed by atoms with van der Waals surface area (Å²) in [5.41, 5.74) is 2.28. The normalized spacial score (nSPS) is 16.7. The Morgan fingerprint density at radius 1 is 1.03 bits per heavy atom. The summed E-state index contributed by atoms with van der Waals surface area (Å²) in [6, 6.07) is 8.54. The molecule has 3 amide bonds. The molecule has 0 aliphatic heterocycles. The molecule has 0 radical (unpaired) electrons. The van der Waals surface area contributed by atoms with Gasteiger partial charge in [0.05, 0.1) is 0 Å². The Hall–Kier alpha value is -2.41. The molecular weight excluding hydrogens is 370 g/mol. The van der Waals surface area contributed by atoms with Crippen molar-refractivity contribution < 1.29 is 19.6 Å². The average Bonchev–Trinajstić information content (AvgIpc) is 2.72. The number of nitrogens with one attached hydrogen (secondary N) is 3. The van der Waals surface area contributed by atoms with Gasteiger partial charge in [-0.15, -0.1) is 0 Å². The fourth-order valence-electron chi connectivity index (χ4n) is 4.00. The number of amides is 3. The van der Waals surface area contributed by atoms with Gasteiger partial charge < -0.3 is 10.6 Å². The molecule has 4 N–H and O–H groups in total. The minimum Gasteiger partial charge on any atom is -0.344 e. The van der Waals surface area contributed by atoms with Gasteiger partial charge in [-0.3, -0.25) is 19.6 Å². The lowest BCUT2D eigenvalue weighted by atomic mass is 9.83. The van der Waals surface area contributed by atoms with Crippen LogP contribution in [0.3, 0.4) is 0 Å². The average molecular weight is 404 g/mol. The molecule has 1 fully saturated rings. The number of hydroxylamine groups is 1. The topological polar surface area (TPSA) is 108 Å². The third-order valence-electron chi connectivity index (χ3n) is 5.43. The molecule has 0 spiro atoms. The summed E-state index contributed by atoms with van der Waals surface area (Å²) in [6.07, 6.45) is 5.38. The molecule has 0 bridgehead atoms. The van der Waals surface area contributed by atoms with Crippen LogP contribution in [0.5, 0.6) is 0 Å².